The Morgan fingerprint density at radius 3 is 1.35 bits per heavy atom. The van der Waals surface area contributed by atoms with Crippen LogP contribution in [0.1, 0.15) is 12.8 Å². The van der Waals surface area contributed by atoms with Gasteiger partial charge in [0.25, 0.3) is 0 Å². The van der Waals surface area contributed by atoms with Gasteiger partial charge in [0, 0.05) is 5.92 Å². The van der Waals surface area contributed by atoms with Crippen LogP contribution in [0, 0.1) is 11.8 Å². The lowest BCUT2D eigenvalue weighted by molar-refractivity contribution is 0.692. The highest BCUT2D eigenvalue weighted by Crippen LogP contribution is 2.67. The standard InChI is InChI=1S/C25H24P/c1-4-10-22(11-5-1)26(23-12-6-2-7-13-23,24-14-8-3-9-15-24)25-19-20-16-17-21(25)18-20/h1-17,20-21,25H,18-19H2/q+1. The van der Waals surface area contributed by atoms with Crippen LogP contribution in [-0.4, -0.2) is 5.66 Å². The van der Waals surface area contributed by atoms with E-state index in [1.54, 1.807) is 0 Å². The summed E-state index contributed by atoms with van der Waals surface area (Å²) in [6.07, 6.45) is 7.66. The van der Waals surface area contributed by atoms with Gasteiger partial charge in [-0.2, -0.15) is 0 Å². The Morgan fingerprint density at radius 2 is 1.00 bits per heavy atom. The van der Waals surface area contributed by atoms with E-state index in [9.17, 15) is 0 Å². The topological polar surface area (TPSA) is 0 Å². The summed E-state index contributed by atoms with van der Waals surface area (Å²) in [6.45, 7) is 0. The lowest BCUT2D eigenvalue weighted by atomic mass is 10.1. The monoisotopic (exact) mass is 355 g/mol. The summed E-state index contributed by atoms with van der Waals surface area (Å²) in [5.74, 6) is 1.49. The molecule has 0 spiro atoms. The van der Waals surface area contributed by atoms with Crippen molar-refractivity contribution < 1.29 is 0 Å². The molecule has 0 N–H and O–H groups in total. The van der Waals surface area contributed by atoms with Gasteiger partial charge in [-0.3, -0.25) is 0 Å². The van der Waals surface area contributed by atoms with Crippen molar-refractivity contribution in [2.75, 3.05) is 0 Å². The van der Waals surface area contributed by atoms with Crippen LogP contribution in [-0.2, 0) is 0 Å². The molecule has 0 aromatic heterocycles. The van der Waals surface area contributed by atoms with Crippen molar-refractivity contribution in [2.24, 2.45) is 11.8 Å². The van der Waals surface area contributed by atoms with Gasteiger partial charge in [0.15, 0.2) is 0 Å². The lowest BCUT2D eigenvalue weighted by Gasteiger charge is -2.36. The third kappa shape index (κ3) is 2.40. The Balaban J connectivity index is 1.82. The summed E-state index contributed by atoms with van der Waals surface area (Å²) in [7, 11) is -1.69. The number of benzene rings is 3. The first-order valence-electron chi connectivity index (χ1n) is 9.63. The molecule has 0 aliphatic heterocycles. The number of fused-ring (bicyclic) bond motifs is 2. The van der Waals surface area contributed by atoms with E-state index in [4.69, 9.17) is 0 Å². The first-order chi connectivity index (χ1) is 12.9. The largest absolute Gasteiger partial charge is 0.115 e. The van der Waals surface area contributed by atoms with Crippen LogP contribution >= 0.6 is 7.26 Å². The van der Waals surface area contributed by atoms with Crippen LogP contribution in [0.5, 0.6) is 0 Å². The van der Waals surface area contributed by atoms with E-state index in [1.807, 2.05) is 0 Å². The molecule has 0 saturated heterocycles. The van der Waals surface area contributed by atoms with Gasteiger partial charge in [0.2, 0.25) is 0 Å². The third-order valence-corrected chi connectivity index (χ3v) is 11.2. The number of hydrogen-bond donors (Lipinski definition) is 0. The quantitative estimate of drug-likeness (QED) is 0.459. The van der Waals surface area contributed by atoms with Gasteiger partial charge in [-0.1, -0.05) is 66.7 Å². The first kappa shape index (κ1) is 16.0. The molecule has 5 rings (SSSR count). The van der Waals surface area contributed by atoms with Crippen molar-refractivity contribution >= 4 is 23.2 Å². The van der Waals surface area contributed by atoms with Gasteiger partial charge in [0.05, 0.1) is 5.66 Å². The van der Waals surface area contributed by atoms with Gasteiger partial charge in [-0.15, -0.1) is 0 Å². The van der Waals surface area contributed by atoms with Gasteiger partial charge in [-0.05, 0) is 55.2 Å². The fourth-order valence-electron chi connectivity index (χ4n) is 5.21. The number of allylic oxidation sites excluding steroid dienone is 2. The van der Waals surface area contributed by atoms with Crippen LogP contribution in [0.15, 0.2) is 103 Å². The highest BCUT2D eigenvalue weighted by Gasteiger charge is 2.58. The maximum atomic E-state index is 2.52. The van der Waals surface area contributed by atoms with E-state index < -0.39 is 7.26 Å². The number of hydrogen-bond acceptors (Lipinski definition) is 0. The molecule has 3 unspecified atom stereocenters. The fourth-order valence-corrected chi connectivity index (χ4v) is 10.6. The van der Waals surface area contributed by atoms with E-state index in [0.29, 0.717) is 11.6 Å². The molecule has 3 atom stereocenters. The van der Waals surface area contributed by atoms with Gasteiger partial charge in [0.1, 0.15) is 23.2 Å². The second-order valence-corrected chi connectivity index (χ2v) is 11.2. The SMILES string of the molecule is C1=CC2CC1CC2[P+](c1ccccc1)(c1ccccc1)c1ccccc1. The summed E-state index contributed by atoms with van der Waals surface area (Å²) in [5, 5.41) is 4.59. The molecule has 2 aliphatic carbocycles. The molecule has 2 aliphatic rings. The van der Waals surface area contributed by atoms with Gasteiger partial charge in [-0.25, -0.2) is 0 Å². The molecule has 0 amide bonds. The molecule has 128 valence electrons. The van der Waals surface area contributed by atoms with E-state index in [2.05, 4.69) is 103 Å². The van der Waals surface area contributed by atoms with E-state index in [0.717, 1.165) is 5.92 Å². The zero-order chi connectivity index (χ0) is 17.4. The summed E-state index contributed by atoms with van der Waals surface area (Å²) in [6, 6.07) is 34.0. The Kier molecular flexibility index (Phi) is 4.03. The highest BCUT2D eigenvalue weighted by atomic mass is 31.2. The molecule has 1 fully saturated rings. The average Bonchev–Trinajstić information content (AvgIpc) is 3.35. The summed E-state index contributed by atoms with van der Waals surface area (Å²) >= 11 is 0. The Morgan fingerprint density at radius 1 is 0.538 bits per heavy atom. The summed E-state index contributed by atoms with van der Waals surface area (Å²) in [5.41, 5.74) is 0.713. The van der Waals surface area contributed by atoms with E-state index >= 15 is 0 Å². The zero-order valence-corrected chi connectivity index (χ0v) is 15.8. The maximum Gasteiger partial charge on any atom is 0.115 e. The van der Waals surface area contributed by atoms with Crippen molar-refractivity contribution in [3.05, 3.63) is 103 Å². The Bertz CT molecular complexity index is 802. The first-order valence-corrected chi connectivity index (χ1v) is 11.5. The van der Waals surface area contributed by atoms with Crippen molar-refractivity contribution in [3.8, 4) is 0 Å². The van der Waals surface area contributed by atoms with Crippen LogP contribution in [0.3, 0.4) is 0 Å². The van der Waals surface area contributed by atoms with Gasteiger partial charge < -0.3 is 0 Å². The van der Waals surface area contributed by atoms with Crippen LogP contribution in [0.25, 0.3) is 0 Å². The molecule has 3 aromatic rings. The summed E-state index contributed by atoms with van der Waals surface area (Å²) in [4.78, 5) is 0. The molecule has 0 heterocycles. The van der Waals surface area contributed by atoms with Crippen molar-refractivity contribution in [3.63, 3.8) is 0 Å². The Labute approximate surface area is 156 Å². The second-order valence-electron chi connectivity index (χ2n) is 7.58. The van der Waals surface area contributed by atoms with Crippen molar-refractivity contribution in [1.29, 1.82) is 0 Å². The second kappa shape index (κ2) is 6.53. The molecular formula is C25H24P+. The predicted molar refractivity (Wildman–Crippen MR) is 114 cm³/mol. The fraction of sp³-hybridized carbons (Fsp3) is 0.200. The zero-order valence-electron chi connectivity index (χ0n) is 14.9. The van der Waals surface area contributed by atoms with Crippen molar-refractivity contribution in [1.82, 2.24) is 0 Å². The highest BCUT2D eigenvalue weighted by molar-refractivity contribution is 7.96. The normalized spacial score (nSPS) is 24.1. The van der Waals surface area contributed by atoms with Crippen LogP contribution in [0.4, 0.5) is 0 Å². The minimum atomic E-state index is -1.69. The van der Waals surface area contributed by atoms with Gasteiger partial charge >= 0.3 is 0 Å². The molecule has 3 aromatic carbocycles. The summed E-state index contributed by atoms with van der Waals surface area (Å²) < 4.78 is 0. The predicted octanol–water partition coefficient (Wildman–Crippen LogP) is 4.95. The van der Waals surface area contributed by atoms with E-state index in [1.165, 1.54) is 28.8 Å². The minimum absolute atomic E-state index is 0.713. The third-order valence-electron chi connectivity index (χ3n) is 6.23. The smallest absolute Gasteiger partial charge is 0.0848 e. The van der Waals surface area contributed by atoms with Crippen LogP contribution < -0.4 is 15.9 Å². The average molecular weight is 355 g/mol. The lowest BCUT2D eigenvalue weighted by Crippen LogP contribution is -2.40. The molecular weight excluding hydrogens is 331 g/mol. The minimum Gasteiger partial charge on any atom is -0.0848 e. The molecule has 0 radical (unpaired) electrons. The molecule has 26 heavy (non-hydrogen) atoms. The molecule has 2 bridgehead atoms. The molecule has 0 nitrogen and oxygen atoms in total. The number of rotatable bonds is 4. The van der Waals surface area contributed by atoms with Crippen molar-refractivity contribution in [2.45, 2.75) is 18.5 Å². The van der Waals surface area contributed by atoms with E-state index in [-0.39, 0.29) is 0 Å². The molecule has 1 heteroatoms. The molecule has 1 saturated carbocycles. The maximum absolute atomic E-state index is 2.52. The van der Waals surface area contributed by atoms with Crippen LogP contribution in [0.2, 0.25) is 0 Å². The Hall–Kier alpha value is -2.17.